The molecule has 0 radical (unpaired) electrons. The highest BCUT2D eigenvalue weighted by atomic mass is 32.2. The standard InChI is InChI=1S/C21H25N3O7S2/c1-3-31-21(26)23-12-14-24(15-13-23)33(29,30)19-8-4-16(5-9-19)20(25)22-17-6-10-18(11-7-17)32(2,27)28/h4-11H,3,12-15H2,1-2H3,(H,22,25). The molecule has 2 aromatic rings. The Labute approximate surface area is 193 Å². The molecular formula is C21H25N3O7S2. The second-order valence-electron chi connectivity index (χ2n) is 7.37. The highest BCUT2D eigenvalue weighted by Crippen LogP contribution is 2.20. The first-order chi connectivity index (χ1) is 15.5. The number of ether oxygens (including phenoxy) is 1. The molecular weight excluding hydrogens is 470 g/mol. The van der Waals surface area contributed by atoms with E-state index in [0.29, 0.717) is 5.69 Å². The number of carbonyl (C=O) groups is 2. The van der Waals surface area contributed by atoms with E-state index in [9.17, 15) is 26.4 Å². The van der Waals surface area contributed by atoms with E-state index in [1.165, 1.54) is 57.7 Å². The molecule has 178 valence electrons. The van der Waals surface area contributed by atoms with Crippen LogP contribution in [0.2, 0.25) is 0 Å². The summed E-state index contributed by atoms with van der Waals surface area (Å²) in [4.78, 5) is 25.9. The zero-order chi connectivity index (χ0) is 24.2. The van der Waals surface area contributed by atoms with E-state index in [0.717, 1.165) is 6.26 Å². The van der Waals surface area contributed by atoms with E-state index in [1.54, 1.807) is 6.92 Å². The lowest BCUT2D eigenvalue weighted by Gasteiger charge is -2.33. The van der Waals surface area contributed by atoms with E-state index in [2.05, 4.69) is 5.32 Å². The van der Waals surface area contributed by atoms with E-state index in [4.69, 9.17) is 4.74 Å². The van der Waals surface area contributed by atoms with Crippen LogP contribution in [0, 0.1) is 0 Å². The average Bonchev–Trinajstić information content (AvgIpc) is 2.79. The zero-order valence-electron chi connectivity index (χ0n) is 18.2. The molecule has 0 aliphatic carbocycles. The van der Waals surface area contributed by atoms with Crippen LogP contribution in [0.1, 0.15) is 17.3 Å². The molecule has 1 heterocycles. The molecule has 0 bridgehead atoms. The molecule has 12 heteroatoms. The molecule has 0 atom stereocenters. The minimum absolute atomic E-state index is 0.0427. The van der Waals surface area contributed by atoms with Gasteiger partial charge >= 0.3 is 6.09 Å². The van der Waals surface area contributed by atoms with Gasteiger partial charge in [0.25, 0.3) is 5.91 Å². The fourth-order valence-electron chi connectivity index (χ4n) is 3.24. The molecule has 1 saturated heterocycles. The smallest absolute Gasteiger partial charge is 0.409 e. The molecule has 0 aromatic heterocycles. The van der Waals surface area contributed by atoms with Crippen molar-refractivity contribution in [2.45, 2.75) is 16.7 Å². The van der Waals surface area contributed by atoms with Crippen LogP contribution in [0.25, 0.3) is 0 Å². The van der Waals surface area contributed by atoms with Crippen molar-refractivity contribution in [3.8, 4) is 0 Å². The molecule has 1 N–H and O–H groups in total. The number of carbonyl (C=O) groups excluding carboxylic acids is 2. The number of sulfone groups is 1. The highest BCUT2D eigenvalue weighted by Gasteiger charge is 2.30. The van der Waals surface area contributed by atoms with Crippen LogP contribution in [0.5, 0.6) is 0 Å². The number of anilines is 1. The third kappa shape index (κ3) is 5.89. The van der Waals surface area contributed by atoms with Crippen molar-refractivity contribution in [3.05, 3.63) is 54.1 Å². The number of rotatable bonds is 6. The van der Waals surface area contributed by atoms with E-state index in [1.807, 2.05) is 0 Å². The van der Waals surface area contributed by atoms with Crippen molar-refractivity contribution in [3.63, 3.8) is 0 Å². The first-order valence-electron chi connectivity index (χ1n) is 10.2. The molecule has 0 unspecified atom stereocenters. The van der Waals surface area contributed by atoms with Crippen molar-refractivity contribution in [1.29, 1.82) is 0 Å². The number of amides is 2. The predicted octanol–water partition coefficient (Wildman–Crippen LogP) is 1.81. The van der Waals surface area contributed by atoms with E-state index >= 15 is 0 Å². The van der Waals surface area contributed by atoms with Crippen LogP contribution in [0.15, 0.2) is 58.3 Å². The average molecular weight is 496 g/mol. The SMILES string of the molecule is CCOC(=O)N1CCN(S(=O)(=O)c2ccc(C(=O)Nc3ccc(S(C)(=O)=O)cc3)cc2)CC1. The Bertz CT molecular complexity index is 1220. The first kappa shape index (κ1) is 24.7. The Morgan fingerprint density at radius 3 is 1.94 bits per heavy atom. The Morgan fingerprint density at radius 1 is 0.879 bits per heavy atom. The lowest BCUT2D eigenvalue weighted by Crippen LogP contribution is -2.50. The molecule has 2 amide bonds. The van der Waals surface area contributed by atoms with Crippen LogP contribution >= 0.6 is 0 Å². The second-order valence-corrected chi connectivity index (χ2v) is 11.3. The molecule has 1 fully saturated rings. The van der Waals surface area contributed by atoms with E-state index in [-0.39, 0.29) is 48.1 Å². The second kappa shape index (κ2) is 9.89. The van der Waals surface area contributed by atoms with Gasteiger partial charge in [0.1, 0.15) is 0 Å². The molecule has 33 heavy (non-hydrogen) atoms. The van der Waals surface area contributed by atoms with Gasteiger partial charge in [-0.05, 0) is 55.5 Å². The summed E-state index contributed by atoms with van der Waals surface area (Å²) in [7, 11) is -7.12. The van der Waals surface area contributed by atoms with Gasteiger partial charge in [0, 0.05) is 43.7 Å². The maximum Gasteiger partial charge on any atom is 0.409 e. The van der Waals surface area contributed by atoms with Crippen LogP contribution in [-0.4, -0.2) is 77.1 Å². The van der Waals surface area contributed by atoms with Crippen molar-refractivity contribution in [1.82, 2.24) is 9.21 Å². The van der Waals surface area contributed by atoms with Crippen molar-refractivity contribution < 1.29 is 31.2 Å². The topological polar surface area (TPSA) is 130 Å². The number of benzene rings is 2. The minimum atomic E-state index is -3.78. The molecule has 0 spiro atoms. The van der Waals surface area contributed by atoms with Crippen molar-refractivity contribution in [2.24, 2.45) is 0 Å². The summed E-state index contributed by atoms with van der Waals surface area (Å²) in [5, 5.41) is 2.64. The summed E-state index contributed by atoms with van der Waals surface area (Å²) in [6, 6.07) is 11.3. The van der Waals surface area contributed by atoms with Gasteiger partial charge in [0.15, 0.2) is 9.84 Å². The van der Waals surface area contributed by atoms with Gasteiger partial charge in [-0.15, -0.1) is 0 Å². The Balaban J connectivity index is 1.64. The maximum absolute atomic E-state index is 12.9. The van der Waals surface area contributed by atoms with Crippen molar-refractivity contribution >= 4 is 37.5 Å². The number of nitrogens with one attached hydrogen (secondary N) is 1. The summed E-state index contributed by atoms with van der Waals surface area (Å²) in [6.45, 7) is 2.72. The molecule has 1 aliphatic heterocycles. The van der Waals surface area contributed by atoms with Gasteiger partial charge in [-0.2, -0.15) is 4.31 Å². The summed E-state index contributed by atoms with van der Waals surface area (Å²) in [5.41, 5.74) is 0.650. The van der Waals surface area contributed by atoms with Crippen LogP contribution < -0.4 is 5.32 Å². The highest BCUT2D eigenvalue weighted by molar-refractivity contribution is 7.90. The first-order valence-corrected chi connectivity index (χ1v) is 13.5. The predicted molar refractivity (Wildman–Crippen MR) is 121 cm³/mol. The Morgan fingerprint density at radius 2 is 1.42 bits per heavy atom. The van der Waals surface area contributed by atoms with Crippen LogP contribution in [-0.2, 0) is 24.6 Å². The molecule has 1 aliphatic rings. The van der Waals surface area contributed by atoms with Gasteiger partial charge in [0.2, 0.25) is 10.0 Å². The monoisotopic (exact) mass is 495 g/mol. The summed E-state index contributed by atoms with van der Waals surface area (Å²) < 4.78 is 55.1. The summed E-state index contributed by atoms with van der Waals surface area (Å²) >= 11 is 0. The van der Waals surface area contributed by atoms with Crippen LogP contribution in [0.4, 0.5) is 10.5 Å². The van der Waals surface area contributed by atoms with Gasteiger partial charge in [-0.3, -0.25) is 4.79 Å². The summed E-state index contributed by atoms with van der Waals surface area (Å²) in [6.07, 6.45) is 0.632. The van der Waals surface area contributed by atoms with Crippen molar-refractivity contribution in [2.75, 3.05) is 44.4 Å². The van der Waals surface area contributed by atoms with E-state index < -0.39 is 31.9 Å². The normalized spacial score (nSPS) is 15.2. The molecule has 2 aromatic carbocycles. The largest absolute Gasteiger partial charge is 0.450 e. The van der Waals surface area contributed by atoms with Gasteiger partial charge in [0.05, 0.1) is 16.4 Å². The lowest BCUT2D eigenvalue weighted by atomic mass is 10.2. The maximum atomic E-state index is 12.9. The number of nitrogens with zero attached hydrogens (tertiary/aromatic N) is 2. The zero-order valence-corrected chi connectivity index (χ0v) is 19.9. The van der Waals surface area contributed by atoms with Gasteiger partial charge in [-0.25, -0.2) is 21.6 Å². The van der Waals surface area contributed by atoms with Gasteiger partial charge in [-0.1, -0.05) is 0 Å². The fourth-order valence-corrected chi connectivity index (χ4v) is 5.29. The molecule has 3 rings (SSSR count). The number of piperazine rings is 1. The minimum Gasteiger partial charge on any atom is -0.450 e. The third-order valence-electron chi connectivity index (χ3n) is 5.06. The quantitative estimate of drug-likeness (QED) is 0.647. The molecule has 10 nitrogen and oxygen atoms in total. The Kier molecular flexibility index (Phi) is 7.40. The summed E-state index contributed by atoms with van der Waals surface area (Å²) in [5.74, 6) is -0.464. The number of sulfonamides is 1. The lowest BCUT2D eigenvalue weighted by molar-refractivity contribution is 0.0933. The number of hydrogen-bond donors (Lipinski definition) is 1. The van der Waals surface area contributed by atoms with Crippen LogP contribution in [0.3, 0.4) is 0 Å². The fraction of sp³-hybridized carbons (Fsp3) is 0.333. The van der Waals surface area contributed by atoms with Gasteiger partial charge < -0.3 is 15.0 Å². The number of hydrogen-bond acceptors (Lipinski definition) is 7. The molecule has 0 saturated carbocycles. The third-order valence-corrected chi connectivity index (χ3v) is 8.10. The Hall–Kier alpha value is -2.96.